The normalized spacial score (nSPS) is 53.3. The van der Waals surface area contributed by atoms with Gasteiger partial charge in [0.25, 0.3) is 0 Å². The molecule has 1 saturated heterocycles. The zero-order valence-corrected chi connectivity index (χ0v) is 17.4. The van der Waals surface area contributed by atoms with E-state index in [9.17, 15) is 30.6 Å². The lowest BCUT2D eigenvalue weighted by Crippen LogP contribution is -2.64. The minimum Gasteiger partial charge on any atom is -0.394 e. The standard InChI is InChI=1S/C21H36O8/c1-10(2)11-7-14-20(3,8-12(11)23)6-5-15(21(14,4)27)29-19-18(26)17(25)16(24)13(9-22)28-19/h11-19,22-27H,1,5-9H2,2-4H3/t11-,12-,13+,14+,15-,16+,17-,18+,19-,20+,21-/m0/s1. The van der Waals surface area contributed by atoms with Gasteiger partial charge in [0.05, 0.1) is 24.4 Å². The van der Waals surface area contributed by atoms with Gasteiger partial charge >= 0.3 is 0 Å². The summed E-state index contributed by atoms with van der Waals surface area (Å²) in [6, 6.07) is 0. The second kappa shape index (κ2) is 8.16. The summed E-state index contributed by atoms with van der Waals surface area (Å²) in [6.45, 7) is 9.12. The molecule has 0 aromatic rings. The zero-order chi connectivity index (χ0) is 21.7. The van der Waals surface area contributed by atoms with Crippen LogP contribution in [0, 0.1) is 17.3 Å². The fraction of sp³-hybridized carbons (Fsp3) is 0.905. The molecule has 1 heterocycles. The van der Waals surface area contributed by atoms with Gasteiger partial charge in [0.1, 0.15) is 24.4 Å². The van der Waals surface area contributed by atoms with Gasteiger partial charge in [-0.25, -0.2) is 0 Å². The quantitative estimate of drug-likeness (QED) is 0.271. The Morgan fingerprint density at radius 3 is 2.38 bits per heavy atom. The number of fused-ring (bicyclic) bond motifs is 1. The Morgan fingerprint density at radius 1 is 1.14 bits per heavy atom. The van der Waals surface area contributed by atoms with E-state index < -0.39 is 55.1 Å². The lowest BCUT2D eigenvalue weighted by atomic mass is 9.51. The maximum Gasteiger partial charge on any atom is 0.187 e. The summed E-state index contributed by atoms with van der Waals surface area (Å²) in [5, 5.41) is 61.7. The number of hydrogen-bond acceptors (Lipinski definition) is 8. The molecule has 0 unspecified atom stereocenters. The largest absolute Gasteiger partial charge is 0.394 e. The maximum absolute atomic E-state index is 11.5. The highest BCUT2D eigenvalue weighted by molar-refractivity contribution is 5.12. The third-order valence-corrected chi connectivity index (χ3v) is 7.59. The van der Waals surface area contributed by atoms with Crippen LogP contribution >= 0.6 is 0 Å². The van der Waals surface area contributed by atoms with Crippen LogP contribution in [0.15, 0.2) is 12.2 Å². The molecular weight excluding hydrogens is 380 g/mol. The molecule has 8 heteroatoms. The fourth-order valence-corrected chi connectivity index (χ4v) is 5.73. The van der Waals surface area contributed by atoms with Gasteiger partial charge in [-0.15, -0.1) is 0 Å². The molecule has 3 aliphatic rings. The smallest absolute Gasteiger partial charge is 0.187 e. The third kappa shape index (κ3) is 4.02. The molecule has 0 bridgehead atoms. The van der Waals surface area contributed by atoms with Gasteiger partial charge in [0, 0.05) is 5.92 Å². The Bertz CT molecular complexity index is 607. The summed E-state index contributed by atoms with van der Waals surface area (Å²) < 4.78 is 11.4. The Hall–Kier alpha value is -0.580. The molecule has 3 rings (SSSR count). The minimum absolute atomic E-state index is 0.106. The van der Waals surface area contributed by atoms with Crippen molar-refractivity contribution in [3.8, 4) is 0 Å². The number of ether oxygens (including phenoxy) is 2. The molecule has 2 saturated carbocycles. The summed E-state index contributed by atoms with van der Waals surface area (Å²) in [4.78, 5) is 0. The van der Waals surface area contributed by atoms with Gasteiger partial charge in [0.2, 0.25) is 0 Å². The first-order valence-electron chi connectivity index (χ1n) is 10.4. The van der Waals surface area contributed by atoms with Crippen LogP contribution in [0.2, 0.25) is 0 Å². The van der Waals surface area contributed by atoms with Gasteiger partial charge < -0.3 is 40.1 Å². The average molecular weight is 417 g/mol. The van der Waals surface area contributed by atoms with Crippen molar-refractivity contribution >= 4 is 0 Å². The van der Waals surface area contributed by atoms with Crippen LogP contribution in [-0.2, 0) is 9.47 Å². The summed E-state index contributed by atoms with van der Waals surface area (Å²) in [5.41, 5.74) is -0.642. The molecule has 0 amide bonds. The molecule has 3 fully saturated rings. The van der Waals surface area contributed by atoms with E-state index in [2.05, 4.69) is 13.5 Å². The van der Waals surface area contributed by atoms with Gasteiger partial charge in [-0.3, -0.25) is 0 Å². The predicted molar refractivity (Wildman–Crippen MR) is 104 cm³/mol. The lowest BCUT2D eigenvalue weighted by molar-refractivity contribution is -0.334. The van der Waals surface area contributed by atoms with Crippen LogP contribution < -0.4 is 0 Å². The van der Waals surface area contributed by atoms with Gasteiger partial charge in [0.15, 0.2) is 6.29 Å². The summed E-state index contributed by atoms with van der Waals surface area (Å²) in [6.07, 6.45) is -5.65. The van der Waals surface area contributed by atoms with Crippen molar-refractivity contribution in [2.75, 3.05) is 6.61 Å². The number of aliphatic hydroxyl groups is 6. The predicted octanol–water partition coefficient (Wildman–Crippen LogP) is -0.314. The summed E-state index contributed by atoms with van der Waals surface area (Å²) in [7, 11) is 0. The van der Waals surface area contributed by atoms with Crippen LogP contribution in [0.4, 0.5) is 0 Å². The monoisotopic (exact) mass is 416 g/mol. The highest BCUT2D eigenvalue weighted by atomic mass is 16.7. The van der Waals surface area contributed by atoms with E-state index in [1.807, 2.05) is 6.92 Å². The molecule has 168 valence electrons. The van der Waals surface area contributed by atoms with Crippen molar-refractivity contribution in [1.82, 2.24) is 0 Å². The molecule has 6 N–H and O–H groups in total. The second-order valence-corrected chi connectivity index (χ2v) is 9.75. The van der Waals surface area contributed by atoms with Gasteiger partial charge in [-0.05, 0) is 50.9 Å². The average Bonchev–Trinajstić information content (AvgIpc) is 2.63. The molecule has 0 spiro atoms. The van der Waals surface area contributed by atoms with E-state index in [1.54, 1.807) is 6.92 Å². The molecule has 1 aliphatic heterocycles. The maximum atomic E-state index is 11.5. The van der Waals surface area contributed by atoms with Crippen molar-refractivity contribution < 1.29 is 40.1 Å². The Kier molecular flexibility index (Phi) is 6.50. The SMILES string of the molecule is C=C(C)[C@@H]1C[C@@H]2[C@](C)(CC[C@H](O[C@@H]3O[C@H](CO)[C@@H](O)[C@H](O)[C@H]3O)[C@@]2(C)O)C[C@@H]1O. The van der Waals surface area contributed by atoms with Crippen LogP contribution in [0.1, 0.15) is 46.5 Å². The minimum atomic E-state index is -1.53. The number of rotatable bonds is 4. The van der Waals surface area contributed by atoms with Gasteiger partial charge in [-0.1, -0.05) is 19.1 Å². The fourth-order valence-electron chi connectivity index (χ4n) is 5.73. The van der Waals surface area contributed by atoms with E-state index in [0.29, 0.717) is 19.3 Å². The highest BCUT2D eigenvalue weighted by Crippen LogP contribution is 2.57. The number of hydrogen-bond donors (Lipinski definition) is 6. The molecular formula is C21H36O8. The zero-order valence-electron chi connectivity index (χ0n) is 17.4. The molecule has 0 aromatic carbocycles. The first-order chi connectivity index (χ1) is 13.4. The highest BCUT2D eigenvalue weighted by Gasteiger charge is 2.58. The van der Waals surface area contributed by atoms with Crippen molar-refractivity contribution in [2.45, 2.75) is 95.0 Å². The molecule has 29 heavy (non-hydrogen) atoms. The Balaban J connectivity index is 1.79. The molecule has 8 nitrogen and oxygen atoms in total. The summed E-state index contributed by atoms with van der Waals surface area (Å²) in [5.74, 6) is -0.269. The molecule has 0 radical (unpaired) electrons. The van der Waals surface area contributed by atoms with Crippen LogP contribution in [0.5, 0.6) is 0 Å². The molecule has 0 aromatic heterocycles. The molecule has 11 atom stereocenters. The molecule has 2 aliphatic carbocycles. The first-order valence-corrected chi connectivity index (χ1v) is 10.4. The van der Waals surface area contributed by atoms with Crippen LogP contribution in [0.25, 0.3) is 0 Å². The Morgan fingerprint density at radius 2 is 1.79 bits per heavy atom. The van der Waals surface area contributed by atoms with Gasteiger partial charge in [-0.2, -0.15) is 0 Å². The van der Waals surface area contributed by atoms with E-state index in [0.717, 1.165) is 12.0 Å². The van der Waals surface area contributed by atoms with Crippen molar-refractivity contribution in [2.24, 2.45) is 17.3 Å². The third-order valence-electron chi connectivity index (χ3n) is 7.59. The lowest BCUT2D eigenvalue weighted by Gasteiger charge is -2.58. The van der Waals surface area contributed by atoms with E-state index in [1.165, 1.54) is 0 Å². The Labute approximate surface area is 171 Å². The second-order valence-electron chi connectivity index (χ2n) is 9.75. The van der Waals surface area contributed by atoms with Crippen molar-refractivity contribution in [3.05, 3.63) is 12.2 Å². The number of aliphatic hydroxyl groups excluding tert-OH is 5. The van der Waals surface area contributed by atoms with Crippen LogP contribution in [-0.4, -0.2) is 85.8 Å². The van der Waals surface area contributed by atoms with Crippen molar-refractivity contribution in [1.29, 1.82) is 0 Å². The van der Waals surface area contributed by atoms with E-state index in [-0.39, 0.29) is 17.3 Å². The van der Waals surface area contributed by atoms with Crippen LogP contribution in [0.3, 0.4) is 0 Å². The van der Waals surface area contributed by atoms with E-state index >= 15 is 0 Å². The van der Waals surface area contributed by atoms with E-state index in [4.69, 9.17) is 9.47 Å². The van der Waals surface area contributed by atoms with Crippen molar-refractivity contribution in [3.63, 3.8) is 0 Å². The summed E-state index contributed by atoms with van der Waals surface area (Å²) >= 11 is 0. The topological polar surface area (TPSA) is 140 Å². The first kappa shape index (κ1) is 23.1.